The van der Waals surface area contributed by atoms with Crippen molar-refractivity contribution in [3.63, 3.8) is 0 Å². The Morgan fingerprint density at radius 3 is 2.70 bits per heavy atom. The Bertz CT molecular complexity index is 1850. The van der Waals surface area contributed by atoms with E-state index in [0.717, 1.165) is 36.2 Å². The van der Waals surface area contributed by atoms with Gasteiger partial charge >= 0.3 is 0 Å². The molecule has 0 unspecified atom stereocenters. The second kappa shape index (κ2) is 11.1. The van der Waals surface area contributed by atoms with Crippen molar-refractivity contribution in [3.05, 3.63) is 55.1 Å². The molecule has 4 N–H and O–H groups in total. The number of pyridine rings is 1. The van der Waals surface area contributed by atoms with Gasteiger partial charge in [-0.1, -0.05) is 6.07 Å². The first-order valence-corrected chi connectivity index (χ1v) is 14.4. The number of benzene rings is 1. The van der Waals surface area contributed by atoms with E-state index in [0.29, 0.717) is 28.0 Å². The van der Waals surface area contributed by atoms with Crippen molar-refractivity contribution in [1.29, 1.82) is 0 Å². The highest BCUT2D eigenvalue weighted by molar-refractivity contribution is 6.01. The number of hydrogen-bond donors (Lipinski definition) is 3. The van der Waals surface area contributed by atoms with Gasteiger partial charge < -0.3 is 39.8 Å². The number of nitrogens with zero attached hydrogens (tertiary/aromatic N) is 8. The molecule has 5 aromatic rings. The van der Waals surface area contributed by atoms with Gasteiger partial charge in [0.2, 0.25) is 0 Å². The first-order chi connectivity index (χ1) is 21.3. The van der Waals surface area contributed by atoms with E-state index in [4.69, 9.17) is 20.2 Å². The van der Waals surface area contributed by atoms with Crippen LogP contribution in [-0.4, -0.2) is 97.1 Å². The molecule has 1 amide bonds. The summed E-state index contributed by atoms with van der Waals surface area (Å²) in [5, 5.41) is 28.3. The highest BCUT2D eigenvalue weighted by Gasteiger charge is 2.49. The predicted molar refractivity (Wildman–Crippen MR) is 163 cm³/mol. The molecule has 0 aliphatic carbocycles. The molecule has 2 fully saturated rings. The van der Waals surface area contributed by atoms with Crippen LogP contribution >= 0.6 is 0 Å². The predicted octanol–water partition coefficient (Wildman–Crippen LogP) is 1.47. The number of aryl methyl sites for hydroxylation is 1. The molecule has 14 nitrogen and oxygen atoms in total. The minimum atomic E-state index is -1.52. The Morgan fingerprint density at radius 2 is 1.98 bits per heavy atom. The summed E-state index contributed by atoms with van der Waals surface area (Å²) in [4.78, 5) is 31.1. The maximum Gasteiger partial charge on any atom is 0.259 e. The maximum atomic E-state index is 14.1. The van der Waals surface area contributed by atoms with Crippen LogP contribution in [0.4, 0.5) is 17.3 Å². The Hall–Kier alpha value is -4.63. The van der Waals surface area contributed by atoms with Gasteiger partial charge in [0, 0.05) is 62.8 Å². The van der Waals surface area contributed by atoms with Crippen LogP contribution in [0.2, 0.25) is 0 Å². The Kier molecular flexibility index (Phi) is 7.13. The van der Waals surface area contributed by atoms with Crippen molar-refractivity contribution in [2.75, 3.05) is 48.9 Å². The normalized spacial score (nSPS) is 21.7. The largest absolute Gasteiger partial charge is 0.387 e. The fraction of sp³-hybridized carbons (Fsp3) is 0.367. The van der Waals surface area contributed by atoms with Crippen LogP contribution in [0.25, 0.3) is 33.2 Å². The third-order valence-electron chi connectivity index (χ3n) is 8.32. The molecule has 2 aliphatic rings. The van der Waals surface area contributed by atoms with E-state index < -0.39 is 30.4 Å². The topological polar surface area (TPSA) is 170 Å². The molecule has 0 bridgehead atoms. The molecule has 2 saturated heterocycles. The van der Waals surface area contributed by atoms with Crippen molar-refractivity contribution < 1.29 is 24.5 Å². The van der Waals surface area contributed by atoms with E-state index >= 15 is 0 Å². The lowest BCUT2D eigenvalue weighted by atomic mass is 10.1. The van der Waals surface area contributed by atoms with Crippen LogP contribution in [0.3, 0.4) is 0 Å². The molecule has 0 radical (unpaired) electrons. The lowest BCUT2D eigenvalue weighted by Crippen LogP contribution is -2.46. The number of fused-ring (bicyclic) bond motifs is 2. The van der Waals surface area contributed by atoms with Crippen molar-refractivity contribution >= 4 is 45.2 Å². The number of amides is 1. The van der Waals surface area contributed by atoms with Gasteiger partial charge in [0.15, 0.2) is 12.3 Å². The van der Waals surface area contributed by atoms with Crippen LogP contribution in [0.1, 0.15) is 12.6 Å². The number of aromatic nitrogens is 6. The highest BCUT2D eigenvalue weighted by atomic mass is 16.6. The third kappa shape index (κ3) is 4.72. The molecule has 228 valence electrons. The molecule has 0 spiro atoms. The summed E-state index contributed by atoms with van der Waals surface area (Å²) in [6.45, 7) is 2.37. The lowest BCUT2D eigenvalue weighted by molar-refractivity contribution is -0.135. The minimum Gasteiger partial charge on any atom is -0.387 e. The van der Waals surface area contributed by atoms with Crippen molar-refractivity contribution in [1.82, 2.24) is 29.3 Å². The zero-order valence-electron chi connectivity index (χ0n) is 24.3. The fourth-order valence-electron chi connectivity index (χ4n) is 5.84. The number of nitrogen functional groups attached to an aromatic ring is 1. The van der Waals surface area contributed by atoms with Crippen LogP contribution in [0.5, 0.6) is 0 Å². The summed E-state index contributed by atoms with van der Waals surface area (Å²) >= 11 is 0. The molecule has 14 heteroatoms. The Labute approximate surface area is 252 Å². The van der Waals surface area contributed by atoms with Crippen molar-refractivity contribution in [3.8, 4) is 11.3 Å². The summed E-state index contributed by atoms with van der Waals surface area (Å²) in [5.41, 5.74) is 9.18. The maximum absolute atomic E-state index is 14.1. The van der Waals surface area contributed by atoms with E-state index in [1.807, 2.05) is 36.4 Å². The minimum absolute atomic E-state index is 0.194. The number of rotatable bonds is 8. The number of hydrogen-bond acceptors (Lipinski definition) is 11. The average molecular weight is 600 g/mol. The number of carbonyl (C=O) groups excluding carboxylic acids is 1. The zero-order valence-corrected chi connectivity index (χ0v) is 24.3. The van der Waals surface area contributed by atoms with Crippen LogP contribution < -0.4 is 15.5 Å². The fourth-order valence-corrected chi connectivity index (χ4v) is 5.84. The second-order valence-electron chi connectivity index (χ2n) is 11.1. The average Bonchev–Trinajstić information content (AvgIpc) is 3.68. The van der Waals surface area contributed by atoms with Crippen molar-refractivity contribution in [2.24, 2.45) is 7.05 Å². The molecule has 2 aliphatic heterocycles. The molecular weight excluding hydrogens is 566 g/mol. The summed E-state index contributed by atoms with van der Waals surface area (Å²) in [5.74, 6) is 0.595. The first-order valence-electron chi connectivity index (χ1n) is 14.4. The van der Waals surface area contributed by atoms with Gasteiger partial charge in [-0.05, 0) is 36.8 Å². The summed E-state index contributed by atoms with van der Waals surface area (Å²) in [6.07, 6.45) is 0.439. The van der Waals surface area contributed by atoms with Crippen LogP contribution in [-0.2, 0) is 21.3 Å². The zero-order chi connectivity index (χ0) is 30.5. The summed E-state index contributed by atoms with van der Waals surface area (Å²) in [7, 11) is 3.35. The quantitative estimate of drug-likeness (QED) is 0.236. The number of anilines is 3. The molecule has 0 saturated carbocycles. The molecular formula is C30H33N9O5. The van der Waals surface area contributed by atoms with E-state index in [1.165, 1.54) is 11.2 Å². The van der Waals surface area contributed by atoms with E-state index in [1.54, 1.807) is 35.8 Å². The van der Waals surface area contributed by atoms with Gasteiger partial charge in [0.1, 0.15) is 35.8 Å². The molecule has 7 rings (SSSR count). The lowest BCUT2D eigenvalue weighted by Gasteiger charge is -2.32. The Balaban J connectivity index is 1.22. The third-order valence-corrected chi connectivity index (χ3v) is 8.32. The summed E-state index contributed by atoms with van der Waals surface area (Å²) < 4.78 is 14.7. The smallest absolute Gasteiger partial charge is 0.259 e. The van der Waals surface area contributed by atoms with Gasteiger partial charge in [-0.2, -0.15) is 5.10 Å². The number of aliphatic hydroxyl groups is 2. The number of methoxy groups -OCH3 is 1. The molecule has 4 aromatic heterocycles. The van der Waals surface area contributed by atoms with E-state index in [-0.39, 0.29) is 19.0 Å². The SMILES string of the molecule is COCCN(C(=O)[C@H]1O[C@@H](n2cc(-c3ccn(C)n3)c3c(N)ncnc32)[C@H](O)[C@@H]1O)c1ccc2ccc(N3CCC3)nc2c1. The van der Waals surface area contributed by atoms with Crippen LogP contribution in [0, 0.1) is 0 Å². The number of nitrogens with two attached hydrogens (primary N) is 1. The van der Waals surface area contributed by atoms with Gasteiger partial charge in [-0.25, -0.2) is 15.0 Å². The van der Waals surface area contributed by atoms with Gasteiger partial charge in [0.05, 0.1) is 23.2 Å². The van der Waals surface area contributed by atoms with Gasteiger partial charge in [-0.15, -0.1) is 0 Å². The molecule has 44 heavy (non-hydrogen) atoms. The van der Waals surface area contributed by atoms with Crippen molar-refractivity contribution in [2.45, 2.75) is 31.0 Å². The Morgan fingerprint density at radius 1 is 1.16 bits per heavy atom. The monoisotopic (exact) mass is 599 g/mol. The van der Waals surface area contributed by atoms with E-state index in [2.05, 4.69) is 20.0 Å². The number of aliphatic hydroxyl groups excluding tert-OH is 2. The molecule has 6 heterocycles. The second-order valence-corrected chi connectivity index (χ2v) is 11.1. The van der Waals surface area contributed by atoms with E-state index in [9.17, 15) is 15.0 Å². The van der Waals surface area contributed by atoms with Gasteiger partial charge in [0.25, 0.3) is 5.91 Å². The highest BCUT2D eigenvalue weighted by Crippen LogP contribution is 2.38. The van der Waals surface area contributed by atoms with Gasteiger partial charge in [-0.3, -0.25) is 9.48 Å². The number of ether oxygens (including phenoxy) is 2. The first kappa shape index (κ1) is 28.2. The van der Waals surface area contributed by atoms with Crippen LogP contribution in [0.15, 0.2) is 55.1 Å². The number of carbonyl (C=O) groups is 1. The summed E-state index contributed by atoms with van der Waals surface area (Å²) in [6, 6.07) is 11.4. The molecule has 4 atom stereocenters. The molecule has 1 aromatic carbocycles. The standard InChI is InChI=1S/C30H33N9O5/c1-36-11-8-20(35-36)19-15-39(28-23(19)27(31)32-16-33-28)30-25(41)24(40)26(44-30)29(42)38(12-13-43-2)18-6-4-17-5-7-22(34-21(17)14-18)37-9-3-10-37/h4-8,11,14-16,24-26,30,40-41H,3,9-10,12-13H2,1-2H3,(H2,31,32,33)/t24-,25+,26-,30+/m0/s1.